The Labute approximate surface area is 121 Å². The number of hydrogen-bond acceptors (Lipinski definition) is 4. The summed E-state index contributed by atoms with van der Waals surface area (Å²) in [5.74, 6) is 1.39. The van der Waals surface area contributed by atoms with Crippen molar-refractivity contribution >= 4 is 19.6 Å². The molecule has 0 fully saturated rings. The maximum Gasteiger partial charge on any atom is 0.472 e. The van der Waals surface area contributed by atoms with Crippen molar-refractivity contribution < 1.29 is 23.0 Å². The van der Waals surface area contributed by atoms with Crippen molar-refractivity contribution in [1.29, 1.82) is 0 Å². The SMILES string of the molecule is CSCCCC(C)COP(=O)(O)OCC[N+](C)(C)C. The molecule has 0 aromatic rings. The zero-order valence-electron chi connectivity index (χ0n) is 12.8. The summed E-state index contributed by atoms with van der Waals surface area (Å²) in [6.45, 7) is 3.17. The van der Waals surface area contributed by atoms with E-state index in [1.807, 2.05) is 39.8 Å². The highest BCUT2D eigenvalue weighted by molar-refractivity contribution is 7.98. The molecule has 5 nitrogen and oxygen atoms in total. The van der Waals surface area contributed by atoms with Crippen LogP contribution in [0.5, 0.6) is 0 Å². The maximum absolute atomic E-state index is 11.6. The number of quaternary nitrogens is 1. The van der Waals surface area contributed by atoms with E-state index >= 15 is 0 Å². The summed E-state index contributed by atoms with van der Waals surface area (Å²) in [6.07, 6.45) is 4.17. The Morgan fingerprint density at radius 1 is 1.32 bits per heavy atom. The molecule has 0 aromatic carbocycles. The molecule has 2 unspecified atom stereocenters. The van der Waals surface area contributed by atoms with Gasteiger partial charge in [0.15, 0.2) is 0 Å². The van der Waals surface area contributed by atoms with Crippen LogP contribution in [0.3, 0.4) is 0 Å². The van der Waals surface area contributed by atoms with E-state index in [-0.39, 0.29) is 19.1 Å². The number of hydrogen-bond donors (Lipinski definition) is 1. The molecule has 0 aromatic heterocycles. The molecule has 0 heterocycles. The molecule has 7 heteroatoms. The van der Waals surface area contributed by atoms with Gasteiger partial charge in [-0.3, -0.25) is 9.05 Å². The second-order valence-corrected chi connectivity index (χ2v) is 8.29. The van der Waals surface area contributed by atoms with E-state index in [0.717, 1.165) is 18.6 Å². The van der Waals surface area contributed by atoms with Crippen LogP contribution in [-0.2, 0) is 13.6 Å². The summed E-state index contributed by atoms with van der Waals surface area (Å²) in [4.78, 5) is 9.53. The van der Waals surface area contributed by atoms with Crippen LogP contribution in [0.15, 0.2) is 0 Å². The average molecular weight is 314 g/mol. The van der Waals surface area contributed by atoms with Crippen LogP contribution >= 0.6 is 19.6 Å². The van der Waals surface area contributed by atoms with Crippen LogP contribution in [0.4, 0.5) is 0 Å². The zero-order valence-corrected chi connectivity index (χ0v) is 14.5. The lowest BCUT2D eigenvalue weighted by molar-refractivity contribution is -0.870. The molecule has 19 heavy (non-hydrogen) atoms. The van der Waals surface area contributed by atoms with Crippen LogP contribution in [0.1, 0.15) is 19.8 Å². The van der Waals surface area contributed by atoms with E-state index in [1.54, 1.807) is 0 Å². The molecule has 2 atom stereocenters. The van der Waals surface area contributed by atoms with E-state index in [1.165, 1.54) is 0 Å². The van der Waals surface area contributed by atoms with E-state index in [0.29, 0.717) is 11.0 Å². The zero-order chi connectivity index (χ0) is 14.9. The third-order valence-corrected chi connectivity index (χ3v) is 4.27. The molecule has 116 valence electrons. The van der Waals surface area contributed by atoms with Crippen molar-refractivity contribution in [3.8, 4) is 0 Å². The molecule has 0 bridgehead atoms. The molecular weight excluding hydrogens is 285 g/mol. The number of likely N-dealkylation sites (N-methyl/N-ethyl adjacent to an activating group) is 1. The lowest BCUT2D eigenvalue weighted by atomic mass is 10.1. The van der Waals surface area contributed by atoms with Crippen molar-refractivity contribution in [2.75, 3.05) is 52.9 Å². The van der Waals surface area contributed by atoms with Crippen LogP contribution in [0, 0.1) is 5.92 Å². The summed E-state index contributed by atoms with van der Waals surface area (Å²) in [7, 11) is 2.11. The van der Waals surface area contributed by atoms with Gasteiger partial charge in [0.05, 0.1) is 27.7 Å². The highest BCUT2D eigenvalue weighted by Gasteiger charge is 2.23. The molecule has 0 saturated carbocycles. The Bertz CT molecular complexity index is 283. The Kier molecular flexibility index (Phi) is 9.58. The third kappa shape index (κ3) is 13.2. The molecule has 1 N–H and O–H groups in total. The van der Waals surface area contributed by atoms with E-state index in [9.17, 15) is 9.46 Å². The quantitative estimate of drug-likeness (QED) is 0.361. The first-order valence-corrected chi connectivity index (χ1v) is 9.46. The minimum Gasteiger partial charge on any atom is -0.329 e. The summed E-state index contributed by atoms with van der Waals surface area (Å²) in [5.41, 5.74) is 0. The summed E-state index contributed by atoms with van der Waals surface area (Å²) < 4.78 is 22.3. The largest absolute Gasteiger partial charge is 0.472 e. The van der Waals surface area contributed by atoms with Crippen molar-refractivity contribution in [1.82, 2.24) is 0 Å². The number of thioether (sulfide) groups is 1. The van der Waals surface area contributed by atoms with Gasteiger partial charge in [0.25, 0.3) is 0 Å². The Morgan fingerprint density at radius 3 is 2.47 bits per heavy atom. The first kappa shape index (κ1) is 19.4. The third-order valence-electron chi connectivity index (χ3n) is 2.58. The minimum absolute atomic E-state index is 0.220. The summed E-state index contributed by atoms with van der Waals surface area (Å²) in [5, 5.41) is 0. The highest BCUT2D eigenvalue weighted by atomic mass is 32.2. The number of phosphoric acid groups is 1. The second kappa shape index (κ2) is 9.37. The number of rotatable bonds is 11. The smallest absolute Gasteiger partial charge is 0.329 e. The Hall–Kier alpha value is 0.420. The second-order valence-electron chi connectivity index (χ2n) is 5.85. The van der Waals surface area contributed by atoms with Crippen molar-refractivity contribution in [3.05, 3.63) is 0 Å². The predicted molar refractivity (Wildman–Crippen MR) is 81.4 cm³/mol. The molecule has 0 spiro atoms. The van der Waals surface area contributed by atoms with Gasteiger partial charge in [-0.05, 0) is 30.8 Å². The first-order valence-electron chi connectivity index (χ1n) is 6.57. The topological polar surface area (TPSA) is 55.8 Å². The highest BCUT2D eigenvalue weighted by Crippen LogP contribution is 2.43. The average Bonchev–Trinajstić information content (AvgIpc) is 2.25. The fraction of sp³-hybridized carbons (Fsp3) is 1.00. The molecule has 0 radical (unpaired) electrons. The molecule has 0 saturated heterocycles. The van der Waals surface area contributed by atoms with E-state index < -0.39 is 7.82 Å². The molecular formula is C12H29NO4PS+. The minimum atomic E-state index is -3.89. The van der Waals surface area contributed by atoms with Gasteiger partial charge in [0.2, 0.25) is 0 Å². The van der Waals surface area contributed by atoms with E-state index in [4.69, 9.17) is 9.05 Å². The fourth-order valence-electron chi connectivity index (χ4n) is 1.35. The van der Waals surface area contributed by atoms with Crippen LogP contribution < -0.4 is 0 Å². The monoisotopic (exact) mass is 314 g/mol. The lowest BCUT2D eigenvalue weighted by Crippen LogP contribution is -2.37. The molecule has 0 aliphatic carbocycles. The van der Waals surface area contributed by atoms with Crippen molar-refractivity contribution in [2.24, 2.45) is 5.92 Å². The maximum atomic E-state index is 11.6. The van der Waals surface area contributed by atoms with Gasteiger partial charge < -0.3 is 9.38 Å². The van der Waals surface area contributed by atoms with Gasteiger partial charge in [-0.2, -0.15) is 11.8 Å². The van der Waals surface area contributed by atoms with Crippen LogP contribution in [0.25, 0.3) is 0 Å². The normalized spacial score (nSPS) is 17.2. The Morgan fingerprint density at radius 2 is 1.95 bits per heavy atom. The van der Waals surface area contributed by atoms with Crippen molar-refractivity contribution in [2.45, 2.75) is 19.8 Å². The van der Waals surface area contributed by atoms with Crippen molar-refractivity contribution in [3.63, 3.8) is 0 Å². The van der Waals surface area contributed by atoms with Gasteiger partial charge in [0, 0.05) is 0 Å². The fourth-order valence-corrected chi connectivity index (χ4v) is 2.63. The molecule has 0 amide bonds. The van der Waals surface area contributed by atoms with Gasteiger partial charge in [0.1, 0.15) is 13.2 Å². The molecule has 0 aliphatic rings. The standard InChI is InChI=1S/C12H28NO4PS/c1-12(7-6-10-19-5)11-17-18(14,15)16-9-8-13(2,3)4/h12H,6-11H2,1-5H3/p+1. The first-order chi connectivity index (χ1) is 8.66. The van der Waals surface area contributed by atoms with Gasteiger partial charge >= 0.3 is 7.82 Å². The summed E-state index contributed by atoms with van der Waals surface area (Å²) in [6, 6.07) is 0. The summed E-state index contributed by atoms with van der Waals surface area (Å²) >= 11 is 1.81. The Balaban J connectivity index is 3.80. The molecule has 0 aliphatic heterocycles. The predicted octanol–water partition coefficient (Wildman–Crippen LogP) is 2.61. The van der Waals surface area contributed by atoms with E-state index in [2.05, 4.69) is 6.26 Å². The number of phosphoric ester groups is 1. The van der Waals surface area contributed by atoms with Gasteiger partial charge in [-0.15, -0.1) is 0 Å². The number of nitrogens with zero attached hydrogens (tertiary/aromatic N) is 1. The van der Waals surface area contributed by atoms with Gasteiger partial charge in [-0.1, -0.05) is 6.92 Å². The lowest BCUT2D eigenvalue weighted by Gasteiger charge is -2.24. The van der Waals surface area contributed by atoms with Crippen LogP contribution in [0.2, 0.25) is 0 Å². The molecule has 0 rings (SSSR count). The van der Waals surface area contributed by atoms with Crippen LogP contribution in [-0.4, -0.2) is 62.3 Å². The van der Waals surface area contributed by atoms with Gasteiger partial charge in [-0.25, -0.2) is 4.57 Å².